The van der Waals surface area contributed by atoms with Gasteiger partial charge in [-0.25, -0.2) is 18.7 Å². The maximum Gasteiger partial charge on any atom is 0.246 e. The van der Waals surface area contributed by atoms with Crippen LogP contribution in [0, 0.1) is 11.6 Å². The lowest BCUT2D eigenvalue weighted by atomic mass is 10.2. The number of methoxy groups -OCH3 is 2. The molecule has 14 heteroatoms. The third kappa shape index (κ3) is 8.31. The van der Waals surface area contributed by atoms with Crippen molar-refractivity contribution in [2.45, 2.75) is 13.0 Å². The molecule has 0 bridgehead atoms. The third-order valence-electron chi connectivity index (χ3n) is 6.19. The zero-order valence-corrected chi connectivity index (χ0v) is 23.3. The minimum absolute atomic E-state index is 0.0764. The van der Waals surface area contributed by atoms with Crippen molar-refractivity contribution in [3.8, 4) is 11.5 Å². The average Bonchev–Trinajstić information content (AvgIpc) is 3.41. The van der Waals surface area contributed by atoms with E-state index in [1.807, 2.05) is 0 Å². The number of amides is 1. The Morgan fingerprint density at radius 2 is 1.95 bits per heavy atom. The Balaban J connectivity index is 1.37. The van der Waals surface area contributed by atoms with Crippen LogP contribution in [0.3, 0.4) is 0 Å². The van der Waals surface area contributed by atoms with Gasteiger partial charge in [-0.15, -0.1) is 0 Å². The number of nitrogens with zero attached hydrogens (tertiary/aromatic N) is 5. The molecule has 1 amide bonds. The molecule has 0 spiro atoms. The normalized spacial score (nSPS) is 11.2. The summed E-state index contributed by atoms with van der Waals surface area (Å²) in [4.78, 5) is 23.3. The number of benzene rings is 2. The van der Waals surface area contributed by atoms with E-state index in [1.165, 1.54) is 23.0 Å². The molecule has 0 saturated heterocycles. The van der Waals surface area contributed by atoms with E-state index < -0.39 is 17.5 Å². The summed E-state index contributed by atoms with van der Waals surface area (Å²) in [6, 6.07) is 7.11. The Labute approximate surface area is 241 Å². The van der Waals surface area contributed by atoms with Crippen LogP contribution in [0.4, 0.5) is 26.1 Å². The standard InChI is InChI=1S/C28H33F2N7O5/c1-40-12-9-36(8-10-38)7-4-11-42-25-14-23-19(13-24(25)41-2)15-31-28(35-23)33-20-16-32-37(17-20)18-26(39)34-22-6-3-5-21(29)27(22)30/h3,5-6,13-17,38H,4,7-12,18H2,1-2H3,(H,34,39)(H,31,33,35). The van der Waals surface area contributed by atoms with Crippen LogP contribution in [0.25, 0.3) is 10.9 Å². The maximum atomic E-state index is 13.8. The second-order valence-corrected chi connectivity index (χ2v) is 9.22. The summed E-state index contributed by atoms with van der Waals surface area (Å²) in [6.45, 7) is 2.91. The van der Waals surface area contributed by atoms with Gasteiger partial charge in [0.2, 0.25) is 11.9 Å². The SMILES string of the molecule is COCCN(CCO)CCCOc1cc2nc(Nc3cnn(CC(=O)Nc4cccc(F)c4F)c3)ncc2cc1OC. The number of halogens is 2. The number of aliphatic hydroxyl groups is 1. The largest absolute Gasteiger partial charge is 0.493 e. The van der Waals surface area contributed by atoms with Gasteiger partial charge >= 0.3 is 0 Å². The highest BCUT2D eigenvalue weighted by Crippen LogP contribution is 2.32. The first-order valence-corrected chi connectivity index (χ1v) is 13.2. The molecule has 0 fully saturated rings. The Kier molecular flexibility index (Phi) is 10.9. The number of hydrogen-bond acceptors (Lipinski definition) is 10. The highest BCUT2D eigenvalue weighted by Gasteiger charge is 2.13. The number of nitrogens with one attached hydrogen (secondary N) is 2. The summed E-state index contributed by atoms with van der Waals surface area (Å²) >= 11 is 0. The van der Waals surface area contributed by atoms with Crippen LogP contribution in [0.15, 0.2) is 48.9 Å². The molecule has 4 aromatic rings. The number of carbonyl (C=O) groups excluding carboxylic acids is 1. The Morgan fingerprint density at radius 1 is 1.10 bits per heavy atom. The number of rotatable bonds is 16. The molecule has 0 aliphatic heterocycles. The number of fused-ring (bicyclic) bond motifs is 1. The number of hydrogen-bond donors (Lipinski definition) is 3. The summed E-state index contributed by atoms with van der Waals surface area (Å²) in [5.74, 6) is -1.37. The summed E-state index contributed by atoms with van der Waals surface area (Å²) < 4.78 is 45.2. The average molecular weight is 586 g/mol. The topological polar surface area (TPSA) is 136 Å². The van der Waals surface area contributed by atoms with Crippen LogP contribution in [-0.2, 0) is 16.1 Å². The molecule has 4 rings (SSSR count). The van der Waals surface area contributed by atoms with Crippen molar-refractivity contribution in [3.05, 3.63) is 60.6 Å². The summed E-state index contributed by atoms with van der Waals surface area (Å²) in [7, 11) is 3.21. The van der Waals surface area contributed by atoms with Crippen LogP contribution in [-0.4, -0.2) is 89.3 Å². The second kappa shape index (κ2) is 15.0. The van der Waals surface area contributed by atoms with Gasteiger partial charge in [-0.05, 0) is 24.6 Å². The van der Waals surface area contributed by atoms with Crippen molar-refractivity contribution in [1.29, 1.82) is 0 Å². The highest BCUT2D eigenvalue weighted by atomic mass is 19.2. The number of aliphatic hydroxyl groups excluding tert-OH is 1. The van der Waals surface area contributed by atoms with E-state index in [0.717, 1.165) is 31.0 Å². The Hall–Kier alpha value is -4.40. The molecule has 12 nitrogen and oxygen atoms in total. The molecule has 0 aliphatic carbocycles. The van der Waals surface area contributed by atoms with Gasteiger partial charge in [-0.2, -0.15) is 5.10 Å². The van der Waals surface area contributed by atoms with E-state index in [9.17, 15) is 18.7 Å². The van der Waals surface area contributed by atoms with Crippen LogP contribution < -0.4 is 20.1 Å². The Bertz CT molecular complexity index is 1490. The zero-order chi connectivity index (χ0) is 29.9. The molecular weight excluding hydrogens is 552 g/mol. The summed E-state index contributed by atoms with van der Waals surface area (Å²) in [5.41, 5.74) is 0.889. The highest BCUT2D eigenvalue weighted by molar-refractivity contribution is 5.90. The molecular formula is C28H33F2N7O5. The monoisotopic (exact) mass is 585 g/mol. The lowest BCUT2D eigenvalue weighted by Gasteiger charge is -2.21. The fourth-order valence-electron chi connectivity index (χ4n) is 4.12. The van der Waals surface area contributed by atoms with Crippen molar-refractivity contribution >= 4 is 34.1 Å². The van der Waals surface area contributed by atoms with Crippen molar-refractivity contribution < 1.29 is 32.9 Å². The van der Waals surface area contributed by atoms with E-state index in [0.29, 0.717) is 48.4 Å². The van der Waals surface area contributed by atoms with Crippen LogP contribution in [0.5, 0.6) is 11.5 Å². The van der Waals surface area contributed by atoms with E-state index in [-0.39, 0.29) is 18.8 Å². The molecule has 3 N–H and O–H groups in total. The van der Waals surface area contributed by atoms with Gasteiger partial charge in [0.25, 0.3) is 0 Å². The van der Waals surface area contributed by atoms with E-state index in [2.05, 4.69) is 30.6 Å². The summed E-state index contributed by atoms with van der Waals surface area (Å²) in [5, 5.41) is 19.5. The van der Waals surface area contributed by atoms with Crippen LogP contribution >= 0.6 is 0 Å². The minimum atomic E-state index is -1.13. The molecule has 0 atom stereocenters. The van der Waals surface area contributed by atoms with Crippen molar-refractivity contribution in [1.82, 2.24) is 24.6 Å². The van der Waals surface area contributed by atoms with Crippen molar-refractivity contribution in [2.24, 2.45) is 0 Å². The molecule has 0 saturated carbocycles. The van der Waals surface area contributed by atoms with Crippen LogP contribution in [0.2, 0.25) is 0 Å². The molecule has 0 radical (unpaired) electrons. The number of ether oxygens (including phenoxy) is 3. The predicted octanol–water partition coefficient (Wildman–Crippen LogP) is 3.21. The molecule has 2 aromatic carbocycles. The molecule has 224 valence electrons. The van der Waals surface area contributed by atoms with Gasteiger partial charge in [-0.1, -0.05) is 6.07 Å². The quantitative estimate of drug-likeness (QED) is 0.168. The lowest BCUT2D eigenvalue weighted by Crippen LogP contribution is -2.32. The minimum Gasteiger partial charge on any atom is -0.493 e. The number of carbonyl (C=O) groups is 1. The predicted molar refractivity (Wildman–Crippen MR) is 152 cm³/mol. The molecule has 2 heterocycles. The van der Waals surface area contributed by atoms with Gasteiger partial charge in [0.15, 0.2) is 23.1 Å². The van der Waals surface area contributed by atoms with Gasteiger partial charge < -0.3 is 30.0 Å². The molecule has 0 unspecified atom stereocenters. The first-order chi connectivity index (χ1) is 20.4. The lowest BCUT2D eigenvalue weighted by molar-refractivity contribution is -0.116. The summed E-state index contributed by atoms with van der Waals surface area (Å²) in [6.07, 6.45) is 5.43. The fourth-order valence-corrected chi connectivity index (χ4v) is 4.12. The van der Waals surface area contributed by atoms with Crippen molar-refractivity contribution in [2.75, 3.05) is 64.3 Å². The van der Waals surface area contributed by atoms with Gasteiger partial charge in [-0.3, -0.25) is 14.4 Å². The second-order valence-electron chi connectivity index (χ2n) is 9.22. The Morgan fingerprint density at radius 3 is 2.74 bits per heavy atom. The third-order valence-corrected chi connectivity index (χ3v) is 6.19. The molecule has 2 aromatic heterocycles. The van der Waals surface area contributed by atoms with E-state index in [4.69, 9.17) is 14.2 Å². The van der Waals surface area contributed by atoms with Gasteiger partial charge in [0.1, 0.15) is 6.54 Å². The van der Waals surface area contributed by atoms with Crippen LogP contribution in [0.1, 0.15) is 6.42 Å². The fraction of sp³-hybridized carbons (Fsp3) is 0.357. The molecule has 42 heavy (non-hydrogen) atoms. The number of anilines is 3. The van der Waals surface area contributed by atoms with E-state index in [1.54, 1.807) is 38.7 Å². The first kappa shape index (κ1) is 30.6. The zero-order valence-electron chi connectivity index (χ0n) is 23.3. The maximum absolute atomic E-state index is 13.8. The van der Waals surface area contributed by atoms with Crippen molar-refractivity contribution in [3.63, 3.8) is 0 Å². The molecule has 0 aliphatic rings. The van der Waals surface area contributed by atoms with Gasteiger partial charge in [0, 0.05) is 50.6 Å². The van der Waals surface area contributed by atoms with Gasteiger partial charge in [0.05, 0.1) is 50.0 Å². The smallest absolute Gasteiger partial charge is 0.246 e. The number of aromatic nitrogens is 4. The first-order valence-electron chi connectivity index (χ1n) is 13.2. The van der Waals surface area contributed by atoms with E-state index >= 15 is 0 Å².